The van der Waals surface area contributed by atoms with E-state index in [1.54, 1.807) is 0 Å². The van der Waals surface area contributed by atoms with Crippen molar-refractivity contribution in [1.29, 1.82) is 0 Å². The average Bonchev–Trinajstić information content (AvgIpc) is 2.33. The molecule has 88 valence electrons. The third-order valence-corrected chi connectivity index (χ3v) is 2.50. The second-order valence-electron chi connectivity index (χ2n) is 3.71. The molecule has 0 bridgehead atoms. The van der Waals surface area contributed by atoms with Crippen LogP contribution in [0.3, 0.4) is 0 Å². The van der Waals surface area contributed by atoms with Crippen LogP contribution in [-0.2, 0) is 4.74 Å². The smallest absolute Gasteiger partial charge is 0.257 e. The molecular weight excluding hydrogens is 206 g/mol. The summed E-state index contributed by atoms with van der Waals surface area (Å²) in [5.74, 6) is 0.620. The molecule has 0 saturated carbocycles. The molecule has 1 aromatic heterocycles. The van der Waals surface area contributed by atoms with E-state index in [0.29, 0.717) is 12.5 Å². The molecule has 2 heterocycles. The maximum atomic E-state index is 5.49. The summed E-state index contributed by atoms with van der Waals surface area (Å²) in [6.07, 6.45) is 0. The number of ether oxygens (including phenoxy) is 2. The van der Waals surface area contributed by atoms with Crippen molar-refractivity contribution in [3.05, 3.63) is 11.8 Å². The Morgan fingerprint density at radius 1 is 1.38 bits per heavy atom. The molecule has 16 heavy (non-hydrogen) atoms. The van der Waals surface area contributed by atoms with Crippen LogP contribution in [0.2, 0.25) is 0 Å². The molecule has 5 nitrogen and oxygen atoms in total. The summed E-state index contributed by atoms with van der Waals surface area (Å²) >= 11 is 0. The fourth-order valence-electron chi connectivity index (χ4n) is 1.73. The first-order valence-corrected chi connectivity index (χ1v) is 5.61. The van der Waals surface area contributed by atoms with Gasteiger partial charge in [-0.25, -0.2) is 0 Å². The quantitative estimate of drug-likeness (QED) is 0.765. The zero-order valence-electron chi connectivity index (χ0n) is 9.77. The predicted molar refractivity (Wildman–Crippen MR) is 61.0 cm³/mol. The third kappa shape index (κ3) is 2.41. The molecule has 2 rings (SSSR count). The Hall–Kier alpha value is -1.36. The first-order chi connectivity index (χ1) is 7.81. The molecule has 1 fully saturated rings. The van der Waals surface area contributed by atoms with Gasteiger partial charge in [0.25, 0.3) is 5.88 Å². The molecule has 1 aromatic rings. The first-order valence-electron chi connectivity index (χ1n) is 5.61. The van der Waals surface area contributed by atoms with E-state index in [4.69, 9.17) is 9.47 Å². The van der Waals surface area contributed by atoms with Gasteiger partial charge in [-0.2, -0.15) is 5.10 Å². The van der Waals surface area contributed by atoms with Gasteiger partial charge in [0.2, 0.25) is 0 Å². The van der Waals surface area contributed by atoms with Crippen molar-refractivity contribution < 1.29 is 9.47 Å². The summed E-state index contributed by atoms with van der Waals surface area (Å²) in [4.78, 5) is 2.23. The fourth-order valence-corrected chi connectivity index (χ4v) is 1.73. The van der Waals surface area contributed by atoms with Gasteiger partial charge in [0.1, 0.15) is 5.69 Å². The lowest BCUT2D eigenvalue weighted by Crippen LogP contribution is -2.36. The lowest BCUT2D eigenvalue weighted by Gasteiger charge is -2.29. The van der Waals surface area contributed by atoms with Gasteiger partial charge < -0.3 is 14.4 Å². The van der Waals surface area contributed by atoms with Gasteiger partial charge in [0.05, 0.1) is 25.5 Å². The van der Waals surface area contributed by atoms with Crippen LogP contribution in [0.25, 0.3) is 0 Å². The normalized spacial score (nSPS) is 16.2. The van der Waals surface area contributed by atoms with Crippen LogP contribution in [0, 0.1) is 6.92 Å². The van der Waals surface area contributed by atoms with Crippen molar-refractivity contribution in [2.24, 2.45) is 0 Å². The molecule has 0 atom stereocenters. The Morgan fingerprint density at radius 3 is 2.81 bits per heavy atom. The van der Waals surface area contributed by atoms with Crippen LogP contribution < -0.4 is 9.64 Å². The number of hydrogen-bond acceptors (Lipinski definition) is 5. The largest absolute Gasteiger partial charge is 0.475 e. The number of anilines is 1. The molecule has 5 heteroatoms. The number of morpholine rings is 1. The van der Waals surface area contributed by atoms with Gasteiger partial charge in [-0.1, -0.05) is 0 Å². The molecule has 0 radical (unpaired) electrons. The van der Waals surface area contributed by atoms with Gasteiger partial charge in [-0.15, -0.1) is 5.10 Å². The number of hydrogen-bond donors (Lipinski definition) is 0. The third-order valence-electron chi connectivity index (χ3n) is 2.50. The van der Waals surface area contributed by atoms with Crippen molar-refractivity contribution in [3.8, 4) is 5.88 Å². The van der Waals surface area contributed by atoms with Crippen LogP contribution in [0.1, 0.15) is 12.6 Å². The number of aromatic nitrogens is 2. The summed E-state index contributed by atoms with van der Waals surface area (Å²) in [6, 6.07) is 2.02. The van der Waals surface area contributed by atoms with Crippen LogP contribution in [0.5, 0.6) is 5.88 Å². The van der Waals surface area contributed by atoms with E-state index in [1.807, 2.05) is 19.9 Å². The molecule has 0 aliphatic carbocycles. The monoisotopic (exact) mass is 223 g/mol. The number of nitrogens with zero attached hydrogens (tertiary/aromatic N) is 3. The maximum Gasteiger partial charge on any atom is 0.257 e. The van der Waals surface area contributed by atoms with Crippen LogP contribution in [-0.4, -0.2) is 43.1 Å². The highest BCUT2D eigenvalue weighted by Crippen LogP contribution is 2.26. The van der Waals surface area contributed by atoms with Gasteiger partial charge in [-0.05, 0) is 19.9 Å². The van der Waals surface area contributed by atoms with Crippen molar-refractivity contribution in [3.63, 3.8) is 0 Å². The van der Waals surface area contributed by atoms with Gasteiger partial charge in [-0.3, -0.25) is 0 Å². The zero-order valence-corrected chi connectivity index (χ0v) is 9.77. The molecule has 0 spiro atoms. The Morgan fingerprint density at radius 2 is 2.12 bits per heavy atom. The van der Waals surface area contributed by atoms with Gasteiger partial charge >= 0.3 is 0 Å². The Balaban J connectivity index is 2.24. The van der Waals surface area contributed by atoms with E-state index < -0.39 is 0 Å². The van der Waals surface area contributed by atoms with Crippen LogP contribution >= 0.6 is 0 Å². The van der Waals surface area contributed by atoms with E-state index >= 15 is 0 Å². The minimum absolute atomic E-state index is 0.606. The summed E-state index contributed by atoms with van der Waals surface area (Å²) in [7, 11) is 0. The topological polar surface area (TPSA) is 47.5 Å². The molecule has 1 aliphatic heterocycles. The Kier molecular flexibility index (Phi) is 3.56. The Bertz CT molecular complexity index is 351. The highest BCUT2D eigenvalue weighted by Gasteiger charge is 2.17. The van der Waals surface area contributed by atoms with Crippen molar-refractivity contribution in [2.45, 2.75) is 13.8 Å². The minimum atomic E-state index is 0.606. The van der Waals surface area contributed by atoms with Crippen LogP contribution in [0.4, 0.5) is 5.69 Å². The highest BCUT2D eigenvalue weighted by molar-refractivity contribution is 5.55. The van der Waals surface area contributed by atoms with Gasteiger partial charge in [0, 0.05) is 13.1 Å². The van der Waals surface area contributed by atoms with Crippen molar-refractivity contribution in [2.75, 3.05) is 37.8 Å². The van der Waals surface area contributed by atoms with E-state index in [2.05, 4.69) is 15.1 Å². The maximum absolute atomic E-state index is 5.49. The highest BCUT2D eigenvalue weighted by atomic mass is 16.5. The molecular formula is C11H17N3O2. The van der Waals surface area contributed by atoms with E-state index in [9.17, 15) is 0 Å². The number of rotatable bonds is 3. The fraction of sp³-hybridized carbons (Fsp3) is 0.636. The van der Waals surface area contributed by atoms with Gasteiger partial charge in [0.15, 0.2) is 0 Å². The molecule has 0 amide bonds. The minimum Gasteiger partial charge on any atom is -0.475 e. The first kappa shape index (κ1) is 11.1. The molecule has 0 aromatic carbocycles. The summed E-state index contributed by atoms with van der Waals surface area (Å²) in [6.45, 7) is 7.77. The van der Waals surface area contributed by atoms with E-state index in [1.165, 1.54) is 0 Å². The molecule has 1 saturated heterocycles. The lowest BCUT2D eigenvalue weighted by atomic mass is 10.3. The average molecular weight is 223 g/mol. The summed E-state index contributed by atoms with van der Waals surface area (Å²) in [5, 5.41) is 8.11. The summed E-state index contributed by atoms with van der Waals surface area (Å²) < 4.78 is 10.8. The predicted octanol–water partition coefficient (Wildman–Crippen LogP) is 1.02. The molecule has 0 N–H and O–H groups in total. The SMILES string of the molecule is CCOc1nnc(C)cc1N1CCOCC1. The zero-order chi connectivity index (χ0) is 11.4. The summed E-state index contributed by atoms with van der Waals surface area (Å²) in [5.41, 5.74) is 1.93. The molecule has 0 unspecified atom stereocenters. The second kappa shape index (κ2) is 5.12. The molecule has 1 aliphatic rings. The lowest BCUT2D eigenvalue weighted by molar-refractivity contribution is 0.122. The number of aryl methyl sites for hydroxylation is 1. The van der Waals surface area contributed by atoms with E-state index in [0.717, 1.165) is 37.7 Å². The van der Waals surface area contributed by atoms with Crippen molar-refractivity contribution >= 4 is 5.69 Å². The van der Waals surface area contributed by atoms with Crippen LogP contribution in [0.15, 0.2) is 6.07 Å². The standard InChI is InChI=1S/C11H17N3O2/c1-3-16-11-10(8-9(2)12-13-11)14-4-6-15-7-5-14/h8H,3-7H2,1-2H3. The Labute approximate surface area is 95.4 Å². The van der Waals surface area contributed by atoms with E-state index in [-0.39, 0.29) is 0 Å². The van der Waals surface area contributed by atoms with Crippen molar-refractivity contribution in [1.82, 2.24) is 10.2 Å². The second-order valence-corrected chi connectivity index (χ2v) is 3.71.